The SMILES string of the molecule is CCNC(c1ccc(OC)nn1)C1CCCCC1CC. The van der Waals surface area contributed by atoms with E-state index in [1.807, 2.05) is 6.07 Å². The predicted molar refractivity (Wildman–Crippen MR) is 80.7 cm³/mol. The summed E-state index contributed by atoms with van der Waals surface area (Å²) < 4.78 is 5.10. The van der Waals surface area contributed by atoms with Crippen molar-refractivity contribution < 1.29 is 4.74 Å². The van der Waals surface area contributed by atoms with Crippen molar-refractivity contribution in [2.75, 3.05) is 13.7 Å². The molecule has 1 saturated carbocycles. The second kappa shape index (κ2) is 7.58. The van der Waals surface area contributed by atoms with Gasteiger partial charge in [-0.05, 0) is 30.9 Å². The van der Waals surface area contributed by atoms with Gasteiger partial charge in [-0.2, -0.15) is 5.10 Å². The number of aromatic nitrogens is 2. The minimum absolute atomic E-state index is 0.323. The first-order chi connectivity index (χ1) is 9.80. The second-order valence-corrected chi connectivity index (χ2v) is 5.65. The Kier molecular flexibility index (Phi) is 5.77. The molecule has 1 N–H and O–H groups in total. The van der Waals surface area contributed by atoms with E-state index in [0.717, 1.165) is 18.2 Å². The number of nitrogens with zero attached hydrogens (tertiary/aromatic N) is 2. The molecule has 112 valence electrons. The van der Waals surface area contributed by atoms with E-state index in [2.05, 4.69) is 35.4 Å². The molecule has 1 aliphatic carbocycles. The van der Waals surface area contributed by atoms with E-state index in [-0.39, 0.29) is 0 Å². The van der Waals surface area contributed by atoms with Crippen molar-refractivity contribution >= 4 is 0 Å². The first kappa shape index (κ1) is 15.2. The standard InChI is InChI=1S/C16H27N3O/c1-4-12-8-6-7-9-13(12)16(17-5-2)14-10-11-15(20-3)19-18-14/h10-13,16-17H,4-9H2,1-3H3. The normalized spacial score (nSPS) is 24.4. The van der Waals surface area contributed by atoms with E-state index < -0.39 is 0 Å². The van der Waals surface area contributed by atoms with Crippen LogP contribution >= 0.6 is 0 Å². The zero-order chi connectivity index (χ0) is 14.4. The highest BCUT2D eigenvalue weighted by Crippen LogP contribution is 2.39. The van der Waals surface area contributed by atoms with Crippen molar-refractivity contribution in [3.63, 3.8) is 0 Å². The molecule has 3 atom stereocenters. The molecule has 1 heterocycles. The predicted octanol–water partition coefficient (Wildman–Crippen LogP) is 3.35. The number of methoxy groups -OCH3 is 1. The molecule has 0 amide bonds. The minimum atomic E-state index is 0.323. The van der Waals surface area contributed by atoms with Gasteiger partial charge in [0.15, 0.2) is 0 Å². The molecule has 0 bridgehead atoms. The van der Waals surface area contributed by atoms with Crippen molar-refractivity contribution in [1.29, 1.82) is 0 Å². The van der Waals surface area contributed by atoms with E-state index in [4.69, 9.17) is 4.74 Å². The summed E-state index contributed by atoms with van der Waals surface area (Å²) in [6, 6.07) is 4.29. The monoisotopic (exact) mass is 277 g/mol. The molecule has 0 saturated heterocycles. The van der Waals surface area contributed by atoms with Crippen LogP contribution in [0.3, 0.4) is 0 Å². The third-order valence-corrected chi connectivity index (χ3v) is 4.53. The van der Waals surface area contributed by atoms with Crippen molar-refractivity contribution in [1.82, 2.24) is 15.5 Å². The Hall–Kier alpha value is -1.16. The largest absolute Gasteiger partial charge is 0.480 e. The van der Waals surface area contributed by atoms with Gasteiger partial charge in [0.2, 0.25) is 5.88 Å². The van der Waals surface area contributed by atoms with Crippen molar-refractivity contribution in [2.24, 2.45) is 11.8 Å². The molecule has 0 spiro atoms. The van der Waals surface area contributed by atoms with Crippen LogP contribution in [0.1, 0.15) is 57.7 Å². The van der Waals surface area contributed by atoms with Crippen LogP contribution in [-0.2, 0) is 0 Å². The number of nitrogens with one attached hydrogen (secondary N) is 1. The molecule has 2 rings (SSSR count). The first-order valence-corrected chi connectivity index (χ1v) is 7.91. The lowest BCUT2D eigenvalue weighted by atomic mass is 9.73. The highest BCUT2D eigenvalue weighted by Gasteiger charge is 2.32. The third-order valence-electron chi connectivity index (χ3n) is 4.53. The van der Waals surface area contributed by atoms with E-state index >= 15 is 0 Å². The Balaban J connectivity index is 2.19. The fourth-order valence-corrected chi connectivity index (χ4v) is 3.48. The summed E-state index contributed by atoms with van der Waals surface area (Å²) >= 11 is 0. The van der Waals surface area contributed by atoms with Crippen molar-refractivity contribution in [3.05, 3.63) is 17.8 Å². The van der Waals surface area contributed by atoms with Gasteiger partial charge >= 0.3 is 0 Å². The average molecular weight is 277 g/mol. The zero-order valence-corrected chi connectivity index (χ0v) is 12.9. The van der Waals surface area contributed by atoms with Crippen LogP contribution in [0, 0.1) is 11.8 Å². The van der Waals surface area contributed by atoms with Crippen LogP contribution in [0.2, 0.25) is 0 Å². The average Bonchev–Trinajstić information content (AvgIpc) is 2.53. The Morgan fingerprint density at radius 1 is 1.25 bits per heavy atom. The van der Waals surface area contributed by atoms with Crippen LogP contribution in [0.25, 0.3) is 0 Å². The summed E-state index contributed by atoms with van der Waals surface area (Å²) in [7, 11) is 1.62. The lowest BCUT2D eigenvalue weighted by Gasteiger charge is -2.36. The fourth-order valence-electron chi connectivity index (χ4n) is 3.48. The fraction of sp³-hybridized carbons (Fsp3) is 0.750. The van der Waals surface area contributed by atoms with Crippen LogP contribution in [-0.4, -0.2) is 23.9 Å². The van der Waals surface area contributed by atoms with Gasteiger partial charge in [-0.1, -0.05) is 39.5 Å². The Morgan fingerprint density at radius 3 is 2.65 bits per heavy atom. The van der Waals surface area contributed by atoms with Crippen LogP contribution in [0.15, 0.2) is 12.1 Å². The lowest BCUT2D eigenvalue weighted by Crippen LogP contribution is -2.35. The summed E-state index contributed by atoms with van der Waals surface area (Å²) in [6.45, 7) is 5.44. The summed E-state index contributed by atoms with van der Waals surface area (Å²) in [5.74, 6) is 2.06. The minimum Gasteiger partial charge on any atom is -0.480 e. The lowest BCUT2D eigenvalue weighted by molar-refractivity contribution is 0.173. The first-order valence-electron chi connectivity index (χ1n) is 7.91. The molecule has 4 heteroatoms. The number of hydrogen-bond acceptors (Lipinski definition) is 4. The Morgan fingerprint density at radius 2 is 2.05 bits per heavy atom. The molecule has 0 aliphatic heterocycles. The summed E-state index contributed by atoms with van der Waals surface area (Å²) in [5.41, 5.74) is 1.05. The third kappa shape index (κ3) is 3.48. The van der Waals surface area contributed by atoms with Gasteiger partial charge in [-0.25, -0.2) is 0 Å². The Bertz CT molecular complexity index is 393. The molecular formula is C16H27N3O. The summed E-state index contributed by atoms with van der Waals surface area (Å²) in [5, 5.41) is 12.1. The Labute approximate surface area is 122 Å². The molecule has 1 fully saturated rings. The van der Waals surface area contributed by atoms with Gasteiger partial charge in [0.1, 0.15) is 0 Å². The van der Waals surface area contributed by atoms with E-state index in [1.165, 1.54) is 32.1 Å². The van der Waals surface area contributed by atoms with Crippen LogP contribution in [0.5, 0.6) is 5.88 Å². The molecule has 20 heavy (non-hydrogen) atoms. The smallest absolute Gasteiger partial charge is 0.233 e. The van der Waals surface area contributed by atoms with Gasteiger partial charge in [0.25, 0.3) is 0 Å². The van der Waals surface area contributed by atoms with Gasteiger partial charge in [0, 0.05) is 6.07 Å². The maximum absolute atomic E-state index is 5.10. The van der Waals surface area contributed by atoms with E-state index in [9.17, 15) is 0 Å². The van der Waals surface area contributed by atoms with E-state index in [1.54, 1.807) is 7.11 Å². The maximum atomic E-state index is 5.10. The molecule has 0 aromatic carbocycles. The molecule has 0 radical (unpaired) electrons. The van der Waals surface area contributed by atoms with E-state index in [0.29, 0.717) is 17.8 Å². The molecule has 1 aromatic rings. The molecule has 3 unspecified atom stereocenters. The molecule has 1 aromatic heterocycles. The van der Waals surface area contributed by atoms with Crippen LogP contribution < -0.4 is 10.1 Å². The number of hydrogen-bond donors (Lipinski definition) is 1. The molecular weight excluding hydrogens is 250 g/mol. The summed E-state index contributed by atoms with van der Waals surface area (Å²) in [4.78, 5) is 0. The highest BCUT2D eigenvalue weighted by molar-refractivity contribution is 5.15. The molecule has 4 nitrogen and oxygen atoms in total. The van der Waals surface area contributed by atoms with Crippen molar-refractivity contribution in [2.45, 2.75) is 52.0 Å². The van der Waals surface area contributed by atoms with Gasteiger partial charge < -0.3 is 10.1 Å². The molecule has 1 aliphatic rings. The quantitative estimate of drug-likeness (QED) is 0.866. The van der Waals surface area contributed by atoms with Gasteiger partial charge in [0.05, 0.1) is 18.8 Å². The summed E-state index contributed by atoms with van der Waals surface area (Å²) in [6.07, 6.45) is 6.63. The highest BCUT2D eigenvalue weighted by atomic mass is 16.5. The second-order valence-electron chi connectivity index (χ2n) is 5.65. The van der Waals surface area contributed by atoms with Crippen molar-refractivity contribution in [3.8, 4) is 5.88 Å². The topological polar surface area (TPSA) is 47.0 Å². The van der Waals surface area contributed by atoms with Crippen LogP contribution in [0.4, 0.5) is 0 Å². The zero-order valence-electron chi connectivity index (χ0n) is 12.9. The maximum Gasteiger partial charge on any atom is 0.233 e. The number of ether oxygens (including phenoxy) is 1. The van der Waals surface area contributed by atoms with Gasteiger partial charge in [-0.3, -0.25) is 0 Å². The van der Waals surface area contributed by atoms with Gasteiger partial charge in [-0.15, -0.1) is 5.10 Å². The number of rotatable bonds is 6.